The molecule has 1 fully saturated rings. The van der Waals surface area contributed by atoms with Gasteiger partial charge >= 0.3 is 17.9 Å². The van der Waals surface area contributed by atoms with Crippen molar-refractivity contribution < 1.29 is 153 Å². The average molecular weight is 1620 g/mol. The van der Waals surface area contributed by atoms with Gasteiger partial charge in [-0.25, -0.2) is 4.79 Å². The van der Waals surface area contributed by atoms with Gasteiger partial charge in [0.25, 0.3) is 35.4 Å². The fraction of sp³-hybridized carbons (Fsp3) is 0.781. The number of halogens is 1. The van der Waals surface area contributed by atoms with E-state index in [-0.39, 0.29) is 107 Å². The summed E-state index contributed by atoms with van der Waals surface area (Å²) in [5.74, 6) is -4.45. The van der Waals surface area contributed by atoms with Crippen LogP contribution in [-0.4, -0.2) is 355 Å². The van der Waals surface area contributed by atoms with Crippen LogP contribution in [0.4, 0.5) is 4.39 Å². The van der Waals surface area contributed by atoms with Crippen molar-refractivity contribution in [1.82, 2.24) is 30.8 Å². The zero-order chi connectivity index (χ0) is 83.7. The summed E-state index contributed by atoms with van der Waals surface area (Å²) in [5.41, 5.74) is 4.36. The van der Waals surface area contributed by atoms with Gasteiger partial charge in [0.1, 0.15) is 11.2 Å². The Morgan fingerprint density at radius 2 is 0.598 bits per heavy atom. The molecule has 3 aliphatic heterocycles. The number of hydrogen-bond donors (Lipinski definition) is 4. The largest absolute Gasteiger partial charge is 0.460 e. The number of carbonyl (C=O) groups excluding carboxylic acids is 12. The molecule has 5 N–H and O–H groups in total. The van der Waals surface area contributed by atoms with E-state index in [9.17, 15) is 61.9 Å². The first-order chi connectivity index (χ1) is 54.3. The van der Waals surface area contributed by atoms with Gasteiger partial charge in [0.15, 0.2) is 0 Å². The van der Waals surface area contributed by atoms with Crippen molar-refractivity contribution >= 4 is 71.1 Å². The molecule has 0 radical (unpaired) electrons. The number of nitrogens with two attached hydrogens (primary N) is 1. The molecule has 0 aliphatic carbocycles. The lowest BCUT2D eigenvalue weighted by Crippen LogP contribution is -2.35. The topological polar surface area (TPSA) is 452 Å². The fourth-order valence-corrected chi connectivity index (χ4v) is 8.42. The van der Waals surface area contributed by atoms with Crippen LogP contribution in [0.25, 0.3) is 0 Å². The van der Waals surface area contributed by atoms with E-state index in [0.29, 0.717) is 249 Å². The molecule has 0 spiro atoms. The SMILES string of the molecule is CC(C)(C)OC(=O)CCCN.CC(C)(C)OC(=O)CCCNC(=O)CCOCCOCCOCCOCCOCCOCCOCCOCCNC(=O)CCN1C(=O)C=CC1=O.O=C(CCN1C(=O)C=CC1=O)NCCOCCOCCOCCOCCOCCOCCOCCOCCC(=O)ON1C(=O)CCC1=O.[2H]CF. The molecule has 3 heterocycles. The van der Waals surface area contributed by atoms with E-state index in [4.69, 9.17) is 97.2 Å². The zero-order valence-corrected chi connectivity index (χ0v) is 66.4. The number of nitrogens with zero attached hydrogens (tertiary/aromatic N) is 3. The first kappa shape index (κ1) is 103. The van der Waals surface area contributed by atoms with Crippen LogP contribution in [0.15, 0.2) is 24.3 Å². The molecule has 3 rings (SSSR count). The van der Waals surface area contributed by atoms with Crippen LogP contribution in [0.3, 0.4) is 0 Å². The van der Waals surface area contributed by atoms with Crippen molar-refractivity contribution in [2.45, 2.75) is 117 Å². The summed E-state index contributed by atoms with van der Waals surface area (Å²) in [4.78, 5) is 145. The van der Waals surface area contributed by atoms with Crippen molar-refractivity contribution in [3.05, 3.63) is 24.3 Å². The van der Waals surface area contributed by atoms with Gasteiger partial charge in [-0.15, -0.1) is 5.06 Å². The lowest BCUT2D eigenvalue weighted by Gasteiger charge is -2.19. The van der Waals surface area contributed by atoms with Gasteiger partial charge in [-0.05, 0) is 60.9 Å². The van der Waals surface area contributed by atoms with E-state index in [2.05, 4.69) is 16.0 Å². The minimum absolute atomic E-state index is 0.0415. The molecule has 38 nitrogen and oxygen atoms in total. The van der Waals surface area contributed by atoms with Crippen LogP contribution in [0.5, 0.6) is 0 Å². The number of nitrogens with one attached hydrogen (secondary N) is 3. The van der Waals surface area contributed by atoms with Gasteiger partial charge in [-0.2, -0.15) is 0 Å². The van der Waals surface area contributed by atoms with E-state index in [1.807, 2.05) is 41.5 Å². The smallest absolute Gasteiger partial charge is 0.335 e. The molecular weight excluding hydrogens is 1490 g/mol. The summed E-state index contributed by atoms with van der Waals surface area (Å²) < 4.78 is 112. The van der Waals surface area contributed by atoms with Crippen LogP contribution in [0.2, 0.25) is 0 Å². The number of hydroxylamine groups is 2. The third kappa shape index (κ3) is 66.4. The van der Waals surface area contributed by atoms with E-state index < -0.39 is 54.2 Å². The molecule has 0 bridgehead atoms. The highest BCUT2D eigenvalue weighted by Gasteiger charge is 2.33. The summed E-state index contributed by atoms with van der Waals surface area (Å²) in [7, 11) is -1.00. The maximum absolute atomic E-state index is 11.8. The Morgan fingerprint density at radius 3 is 0.875 bits per heavy atom. The molecular formula is C73H126FN7O31. The quantitative estimate of drug-likeness (QED) is 0.0363. The Bertz CT molecular complexity index is 2610. The predicted octanol–water partition coefficient (Wildman–Crippen LogP) is 0.379. The molecule has 0 atom stereocenters. The van der Waals surface area contributed by atoms with Crippen LogP contribution >= 0.6 is 0 Å². The maximum Gasteiger partial charge on any atom is 0.335 e. The van der Waals surface area contributed by atoms with Crippen molar-refractivity contribution in [2.24, 2.45) is 5.73 Å². The van der Waals surface area contributed by atoms with E-state index in [1.165, 1.54) is 24.3 Å². The molecule has 1 saturated heterocycles. The molecule has 646 valence electrons. The Hall–Kier alpha value is -7.03. The Kier molecular flexibility index (Phi) is 66.0. The molecule has 0 aromatic heterocycles. The second kappa shape index (κ2) is 71.7. The first-order valence-corrected chi connectivity index (χ1v) is 37.5. The van der Waals surface area contributed by atoms with Crippen LogP contribution in [0, 0.1) is 0 Å². The summed E-state index contributed by atoms with van der Waals surface area (Å²) in [6, 6.07) is 0. The number of esters is 2. The Labute approximate surface area is 658 Å². The fourth-order valence-electron chi connectivity index (χ4n) is 8.42. The van der Waals surface area contributed by atoms with E-state index in [0.717, 1.165) is 9.80 Å². The number of rotatable bonds is 68. The average Bonchev–Trinajstić information content (AvgIpc) is 1.17. The molecule has 0 aromatic rings. The standard InChI is InChI=1S/C34H59N3O14.C30H47N3O15.C8H17NO2.CH3F/c1-34(2,3)51-33(42)5-4-10-35-30(39)9-13-43-15-17-45-19-21-47-23-25-49-27-28-50-26-24-48-22-20-46-18-16-44-14-11-36-29(38)8-12-37-31(40)6-7-32(37)41;34-25(5-8-32-26(35)1-2-27(32)36)31-7-10-41-12-14-43-16-18-45-20-22-47-24-23-46-21-19-44-17-15-42-13-11-40-9-6-30(39)48-33-28(37)3-4-29(33)38;1-8(2,3)11-7(10)5-4-6-9;1-2/h6-7H,4-5,8-28H2,1-3H3,(H,35,39)(H,36,38);1-2H,3-24H2,(H,31,34);4-6,9H2,1-3H3;1H3/i;;;1D. The molecule has 0 saturated carbocycles. The number of amides is 9. The lowest BCUT2D eigenvalue weighted by atomic mass is 10.2. The van der Waals surface area contributed by atoms with Crippen molar-refractivity contribution in [1.29, 1.82) is 0 Å². The highest BCUT2D eigenvalue weighted by atomic mass is 19.1. The minimum atomic E-state index is -1.00. The normalized spacial score (nSPS) is 13.4. The lowest BCUT2D eigenvalue weighted by molar-refractivity contribution is -0.198. The van der Waals surface area contributed by atoms with Crippen LogP contribution in [0.1, 0.15) is 107 Å². The van der Waals surface area contributed by atoms with Gasteiger partial charge in [0.2, 0.25) is 17.7 Å². The van der Waals surface area contributed by atoms with Gasteiger partial charge in [0, 0.05) is 102 Å². The van der Waals surface area contributed by atoms with Crippen molar-refractivity contribution in [2.75, 3.05) is 258 Å². The monoisotopic (exact) mass is 1620 g/mol. The zero-order valence-electron chi connectivity index (χ0n) is 67.4. The molecule has 39 heteroatoms. The van der Waals surface area contributed by atoms with Crippen molar-refractivity contribution in [3.8, 4) is 0 Å². The maximum atomic E-state index is 11.8. The molecule has 0 unspecified atom stereocenters. The third-order valence-corrected chi connectivity index (χ3v) is 13.7. The summed E-state index contributed by atoms with van der Waals surface area (Å²) >= 11 is 0. The summed E-state index contributed by atoms with van der Waals surface area (Å²) in [6.45, 7) is 25.2. The molecule has 3 aliphatic rings. The number of imide groups is 3. The summed E-state index contributed by atoms with van der Waals surface area (Å²) in [6.07, 6.45) is 7.02. The Balaban J connectivity index is 0.00000190. The van der Waals surface area contributed by atoms with Gasteiger partial charge in [0.05, 0.1) is 226 Å². The third-order valence-electron chi connectivity index (χ3n) is 13.7. The van der Waals surface area contributed by atoms with Gasteiger partial charge in [-0.3, -0.25) is 66.9 Å². The molecule has 9 amide bonds. The van der Waals surface area contributed by atoms with Crippen LogP contribution < -0.4 is 21.7 Å². The first-order valence-electron chi connectivity index (χ1n) is 38.2. The second-order valence-corrected chi connectivity index (χ2v) is 25.4. The number of hydrogen-bond acceptors (Lipinski definition) is 32. The minimum Gasteiger partial charge on any atom is -0.460 e. The van der Waals surface area contributed by atoms with Crippen molar-refractivity contribution in [3.63, 3.8) is 0 Å². The highest BCUT2D eigenvalue weighted by Crippen LogP contribution is 2.14. The number of alkyl halides is 1. The van der Waals surface area contributed by atoms with Crippen LogP contribution in [-0.2, 0) is 148 Å². The van der Waals surface area contributed by atoms with E-state index in [1.54, 1.807) is 0 Å². The predicted molar refractivity (Wildman–Crippen MR) is 396 cm³/mol. The van der Waals surface area contributed by atoms with Gasteiger partial charge < -0.3 is 112 Å². The highest BCUT2D eigenvalue weighted by molar-refractivity contribution is 6.13. The second-order valence-electron chi connectivity index (χ2n) is 25.4. The van der Waals surface area contributed by atoms with E-state index >= 15 is 0 Å². The summed E-state index contributed by atoms with van der Waals surface area (Å²) in [5, 5.41) is 8.61. The number of carbonyl (C=O) groups is 12. The molecule has 0 aromatic carbocycles. The number of ether oxygens (including phenoxy) is 18. The van der Waals surface area contributed by atoms with Gasteiger partial charge in [-0.1, -0.05) is 0 Å². The Morgan fingerprint density at radius 1 is 0.357 bits per heavy atom. The molecule has 112 heavy (non-hydrogen) atoms.